The van der Waals surface area contributed by atoms with E-state index in [0.29, 0.717) is 5.02 Å². The summed E-state index contributed by atoms with van der Waals surface area (Å²) in [6.07, 6.45) is 0. The Labute approximate surface area is 111 Å². The fourth-order valence-corrected chi connectivity index (χ4v) is 1.87. The molecular formula is C7H2Cl6O. The SMILES string of the molecule is Clc1cc(Cl)c(OC(Cl)(Cl)Cl)c(Cl)c1. The van der Waals surface area contributed by atoms with Gasteiger partial charge in [-0.1, -0.05) is 34.8 Å². The van der Waals surface area contributed by atoms with Crippen LogP contribution >= 0.6 is 69.6 Å². The van der Waals surface area contributed by atoms with Crippen LogP contribution in [0, 0.1) is 0 Å². The van der Waals surface area contributed by atoms with E-state index in [1.807, 2.05) is 0 Å². The molecule has 0 heterocycles. The summed E-state index contributed by atoms with van der Waals surface area (Å²) in [6.45, 7) is 0. The minimum absolute atomic E-state index is 0.0812. The minimum Gasteiger partial charge on any atom is -0.442 e. The summed E-state index contributed by atoms with van der Waals surface area (Å²) in [7, 11) is 0. The molecule has 1 nitrogen and oxygen atoms in total. The number of halogens is 6. The Morgan fingerprint density at radius 1 is 0.929 bits per heavy atom. The highest BCUT2D eigenvalue weighted by molar-refractivity contribution is 6.66. The molecule has 7 heteroatoms. The summed E-state index contributed by atoms with van der Waals surface area (Å²) in [5.74, 6) is 0.0812. The smallest absolute Gasteiger partial charge is 0.338 e. The van der Waals surface area contributed by atoms with Gasteiger partial charge in [-0.05, 0) is 46.9 Å². The van der Waals surface area contributed by atoms with Crippen molar-refractivity contribution in [3.8, 4) is 5.75 Å². The molecule has 14 heavy (non-hydrogen) atoms. The lowest BCUT2D eigenvalue weighted by atomic mass is 10.3. The molecule has 0 bridgehead atoms. The molecule has 1 rings (SSSR count). The Morgan fingerprint density at radius 2 is 1.36 bits per heavy atom. The number of hydrogen-bond acceptors (Lipinski definition) is 1. The van der Waals surface area contributed by atoms with Gasteiger partial charge in [0.25, 0.3) is 0 Å². The predicted octanol–water partition coefficient (Wildman–Crippen LogP) is 5.35. The van der Waals surface area contributed by atoms with E-state index in [0.717, 1.165) is 0 Å². The van der Waals surface area contributed by atoms with Crippen molar-refractivity contribution in [2.75, 3.05) is 0 Å². The van der Waals surface area contributed by atoms with Crippen molar-refractivity contribution < 1.29 is 4.74 Å². The van der Waals surface area contributed by atoms with Gasteiger partial charge in [0.1, 0.15) is 0 Å². The number of benzene rings is 1. The fourth-order valence-electron chi connectivity index (χ4n) is 0.742. The van der Waals surface area contributed by atoms with Gasteiger partial charge >= 0.3 is 3.98 Å². The predicted molar refractivity (Wildman–Crippen MR) is 62.4 cm³/mol. The highest BCUT2D eigenvalue weighted by Crippen LogP contribution is 2.40. The van der Waals surface area contributed by atoms with Crippen LogP contribution in [0.1, 0.15) is 0 Å². The Kier molecular flexibility index (Phi) is 4.34. The molecule has 0 atom stereocenters. The second-order valence-electron chi connectivity index (χ2n) is 2.25. The van der Waals surface area contributed by atoms with Crippen molar-refractivity contribution >= 4 is 69.6 Å². The van der Waals surface area contributed by atoms with Gasteiger partial charge in [0.15, 0.2) is 5.75 Å². The highest BCUT2D eigenvalue weighted by atomic mass is 35.6. The monoisotopic (exact) mass is 312 g/mol. The summed E-state index contributed by atoms with van der Waals surface area (Å²) in [5.41, 5.74) is 0. The van der Waals surface area contributed by atoms with Gasteiger partial charge in [-0.2, -0.15) is 0 Å². The third kappa shape index (κ3) is 3.73. The van der Waals surface area contributed by atoms with Crippen LogP contribution in [0.4, 0.5) is 0 Å². The van der Waals surface area contributed by atoms with Crippen LogP contribution in [0.3, 0.4) is 0 Å². The van der Waals surface area contributed by atoms with Crippen LogP contribution in [0.25, 0.3) is 0 Å². The van der Waals surface area contributed by atoms with Gasteiger partial charge in [0.05, 0.1) is 10.0 Å². The minimum atomic E-state index is -1.92. The fraction of sp³-hybridized carbons (Fsp3) is 0.143. The summed E-state index contributed by atoms with van der Waals surface area (Å²) < 4.78 is 2.98. The Hall–Kier alpha value is 0.760. The first-order chi connectivity index (χ1) is 6.29. The Bertz CT molecular complexity index is 322. The lowest BCUT2D eigenvalue weighted by Gasteiger charge is -2.16. The maximum Gasteiger partial charge on any atom is 0.338 e. The van der Waals surface area contributed by atoms with Crippen LogP contribution in [0.15, 0.2) is 12.1 Å². The topological polar surface area (TPSA) is 9.23 Å². The average Bonchev–Trinajstić information content (AvgIpc) is 1.95. The molecule has 0 aromatic heterocycles. The standard InChI is InChI=1S/C7H2Cl6O/c8-3-1-4(9)6(5(10)2-3)14-7(11,12)13/h1-2H. The van der Waals surface area contributed by atoms with Crippen molar-refractivity contribution in [1.82, 2.24) is 0 Å². The lowest BCUT2D eigenvalue weighted by molar-refractivity contribution is 0.321. The molecule has 0 fully saturated rings. The molecule has 0 aliphatic heterocycles. The van der Waals surface area contributed by atoms with Gasteiger partial charge in [-0.15, -0.1) is 0 Å². The summed E-state index contributed by atoms with van der Waals surface area (Å²) >= 11 is 33.4. The van der Waals surface area contributed by atoms with Gasteiger partial charge in [0.2, 0.25) is 0 Å². The highest BCUT2D eigenvalue weighted by Gasteiger charge is 2.25. The zero-order valence-corrected chi connectivity index (χ0v) is 10.9. The number of rotatable bonds is 1. The van der Waals surface area contributed by atoms with Crippen LogP contribution in [-0.4, -0.2) is 3.98 Å². The van der Waals surface area contributed by atoms with Gasteiger partial charge in [0, 0.05) is 5.02 Å². The van der Waals surface area contributed by atoms with Crippen LogP contribution in [-0.2, 0) is 0 Å². The molecule has 0 amide bonds. The average molecular weight is 315 g/mol. The van der Waals surface area contributed by atoms with Gasteiger partial charge in [-0.25, -0.2) is 0 Å². The molecule has 78 valence electrons. The molecule has 0 radical (unpaired) electrons. The second kappa shape index (κ2) is 4.73. The van der Waals surface area contributed by atoms with E-state index in [4.69, 9.17) is 74.3 Å². The van der Waals surface area contributed by atoms with E-state index in [2.05, 4.69) is 0 Å². The van der Waals surface area contributed by atoms with E-state index in [9.17, 15) is 0 Å². The molecule has 0 N–H and O–H groups in total. The molecule has 0 saturated heterocycles. The summed E-state index contributed by atoms with van der Waals surface area (Å²) in [4.78, 5) is 0. The van der Waals surface area contributed by atoms with Crippen molar-refractivity contribution in [1.29, 1.82) is 0 Å². The number of ether oxygens (including phenoxy) is 1. The number of hydrogen-bond donors (Lipinski definition) is 0. The summed E-state index contributed by atoms with van der Waals surface area (Å²) in [5, 5.41) is 0.722. The van der Waals surface area contributed by atoms with E-state index in [1.165, 1.54) is 12.1 Å². The molecule has 1 aromatic rings. The first kappa shape index (κ1) is 12.8. The largest absolute Gasteiger partial charge is 0.442 e. The zero-order valence-electron chi connectivity index (χ0n) is 6.33. The Balaban J connectivity index is 3.09. The first-order valence-corrected chi connectivity index (χ1v) is 5.46. The molecular weight excluding hydrogens is 313 g/mol. The van der Waals surface area contributed by atoms with E-state index < -0.39 is 3.98 Å². The van der Waals surface area contributed by atoms with Crippen molar-refractivity contribution in [3.05, 3.63) is 27.2 Å². The van der Waals surface area contributed by atoms with Gasteiger partial charge in [-0.3, -0.25) is 0 Å². The molecule has 0 spiro atoms. The van der Waals surface area contributed by atoms with Crippen molar-refractivity contribution in [2.24, 2.45) is 0 Å². The lowest BCUT2D eigenvalue weighted by Crippen LogP contribution is -2.13. The van der Waals surface area contributed by atoms with E-state index in [-0.39, 0.29) is 15.8 Å². The maximum absolute atomic E-state index is 5.77. The van der Waals surface area contributed by atoms with Crippen LogP contribution in [0.2, 0.25) is 15.1 Å². The maximum atomic E-state index is 5.77. The number of alkyl halides is 3. The molecule has 0 unspecified atom stereocenters. The summed E-state index contributed by atoms with van der Waals surface area (Å²) in [6, 6.07) is 2.86. The quantitative estimate of drug-likeness (QED) is 0.635. The van der Waals surface area contributed by atoms with Gasteiger partial charge < -0.3 is 4.74 Å². The molecule has 0 aliphatic rings. The molecule has 0 saturated carbocycles. The van der Waals surface area contributed by atoms with Crippen LogP contribution in [0.5, 0.6) is 5.75 Å². The first-order valence-electron chi connectivity index (χ1n) is 3.20. The van der Waals surface area contributed by atoms with Crippen LogP contribution < -0.4 is 4.74 Å². The van der Waals surface area contributed by atoms with E-state index in [1.54, 1.807) is 0 Å². The normalized spacial score (nSPS) is 11.6. The zero-order chi connectivity index (χ0) is 10.9. The third-order valence-corrected chi connectivity index (χ3v) is 2.19. The third-order valence-electron chi connectivity index (χ3n) is 1.18. The Morgan fingerprint density at radius 3 is 1.71 bits per heavy atom. The van der Waals surface area contributed by atoms with Crippen molar-refractivity contribution in [3.63, 3.8) is 0 Å². The van der Waals surface area contributed by atoms with Crippen molar-refractivity contribution in [2.45, 2.75) is 3.98 Å². The second-order valence-corrected chi connectivity index (χ2v) is 5.67. The molecule has 1 aromatic carbocycles. The van der Waals surface area contributed by atoms with E-state index >= 15 is 0 Å². The molecule has 0 aliphatic carbocycles.